The minimum atomic E-state index is -3.76. The van der Waals surface area contributed by atoms with Gasteiger partial charge in [-0.2, -0.15) is 4.31 Å². The lowest BCUT2D eigenvalue weighted by molar-refractivity contribution is 0.395. The number of methoxy groups -OCH3 is 1. The molecule has 9 heteroatoms. The van der Waals surface area contributed by atoms with Gasteiger partial charge in [0.15, 0.2) is 0 Å². The van der Waals surface area contributed by atoms with Crippen molar-refractivity contribution in [3.05, 3.63) is 18.2 Å². The van der Waals surface area contributed by atoms with E-state index in [1.54, 1.807) is 19.9 Å². The maximum atomic E-state index is 12.8. The second-order valence-corrected chi connectivity index (χ2v) is 9.44. The number of anilines is 1. The summed E-state index contributed by atoms with van der Waals surface area (Å²) in [7, 11) is -5.76. The number of ether oxygens (including phenoxy) is 1. The lowest BCUT2D eigenvalue weighted by Gasteiger charge is -2.29. The van der Waals surface area contributed by atoms with Crippen LogP contribution in [-0.4, -0.2) is 53.6 Å². The average molecular weight is 377 g/mol. The van der Waals surface area contributed by atoms with Crippen LogP contribution in [-0.2, 0) is 20.0 Å². The zero-order valence-electron chi connectivity index (χ0n) is 14.2. The van der Waals surface area contributed by atoms with Crippen LogP contribution >= 0.6 is 0 Å². The van der Waals surface area contributed by atoms with Crippen molar-refractivity contribution in [2.75, 3.05) is 36.8 Å². The Kier molecular flexibility index (Phi) is 5.77. The topological polar surface area (TPSA) is 84.0 Å². The summed E-state index contributed by atoms with van der Waals surface area (Å²) in [6.45, 7) is 4.53. The Bertz CT molecular complexity index is 786. The van der Waals surface area contributed by atoms with Gasteiger partial charge in [0, 0.05) is 19.6 Å². The predicted molar refractivity (Wildman–Crippen MR) is 93.5 cm³/mol. The standard InChI is InChI=1S/C15H24N2O5S2/c1-4-16(5-2)24(20,21)15-12-13(8-9-14(15)22-3)17-10-6-7-11-23(17,18)19/h8-9,12H,4-7,10-11H2,1-3H3. The van der Waals surface area contributed by atoms with Crippen LogP contribution in [0.1, 0.15) is 26.7 Å². The van der Waals surface area contributed by atoms with Gasteiger partial charge < -0.3 is 4.74 Å². The molecule has 7 nitrogen and oxygen atoms in total. The molecule has 1 fully saturated rings. The van der Waals surface area contributed by atoms with Gasteiger partial charge in [0.1, 0.15) is 10.6 Å². The van der Waals surface area contributed by atoms with Crippen molar-refractivity contribution in [3.63, 3.8) is 0 Å². The first-order valence-corrected chi connectivity index (χ1v) is 11.0. The Balaban J connectivity index is 2.56. The molecule has 136 valence electrons. The van der Waals surface area contributed by atoms with Gasteiger partial charge in [-0.05, 0) is 31.0 Å². The summed E-state index contributed by atoms with van der Waals surface area (Å²) in [4.78, 5) is -0.00743. The van der Waals surface area contributed by atoms with Crippen LogP contribution in [0.3, 0.4) is 0 Å². The fourth-order valence-electron chi connectivity index (χ4n) is 2.80. The lowest BCUT2D eigenvalue weighted by Crippen LogP contribution is -2.38. The van der Waals surface area contributed by atoms with E-state index in [9.17, 15) is 16.8 Å². The molecule has 1 aromatic carbocycles. The summed E-state index contributed by atoms with van der Waals surface area (Å²) in [5, 5.41) is 0. The molecule has 2 rings (SSSR count). The maximum absolute atomic E-state index is 12.8. The van der Waals surface area contributed by atoms with Crippen LogP contribution in [0, 0.1) is 0 Å². The minimum Gasteiger partial charge on any atom is -0.495 e. The van der Waals surface area contributed by atoms with Gasteiger partial charge >= 0.3 is 0 Å². The van der Waals surface area contributed by atoms with Gasteiger partial charge in [-0.25, -0.2) is 16.8 Å². The van der Waals surface area contributed by atoms with E-state index in [-0.39, 0.29) is 16.4 Å². The second kappa shape index (κ2) is 7.28. The number of rotatable bonds is 6. The van der Waals surface area contributed by atoms with E-state index >= 15 is 0 Å². The van der Waals surface area contributed by atoms with Gasteiger partial charge in [-0.15, -0.1) is 0 Å². The first-order valence-electron chi connectivity index (χ1n) is 7.96. The Labute approximate surface area is 144 Å². The lowest BCUT2D eigenvalue weighted by atomic mass is 10.2. The van der Waals surface area contributed by atoms with Crippen molar-refractivity contribution in [1.82, 2.24) is 4.31 Å². The van der Waals surface area contributed by atoms with Gasteiger partial charge in [0.05, 0.1) is 18.6 Å². The number of hydrogen-bond acceptors (Lipinski definition) is 5. The van der Waals surface area contributed by atoms with Crippen molar-refractivity contribution in [2.24, 2.45) is 0 Å². The molecule has 1 aromatic rings. The van der Waals surface area contributed by atoms with Gasteiger partial charge in [-0.1, -0.05) is 13.8 Å². The molecule has 1 aliphatic heterocycles. The molecule has 0 bridgehead atoms. The van der Waals surface area contributed by atoms with E-state index in [2.05, 4.69) is 0 Å². The summed E-state index contributed by atoms with van der Waals surface area (Å²) >= 11 is 0. The van der Waals surface area contributed by atoms with E-state index in [0.29, 0.717) is 31.7 Å². The molecular weight excluding hydrogens is 352 g/mol. The summed E-state index contributed by atoms with van der Waals surface area (Å²) in [5.74, 6) is 0.289. The molecule has 0 aromatic heterocycles. The molecule has 0 spiro atoms. The summed E-state index contributed by atoms with van der Waals surface area (Å²) in [6.07, 6.45) is 1.38. The molecule has 24 heavy (non-hydrogen) atoms. The Morgan fingerprint density at radius 2 is 1.88 bits per heavy atom. The summed E-state index contributed by atoms with van der Waals surface area (Å²) < 4.78 is 58.1. The van der Waals surface area contributed by atoms with Gasteiger partial charge in [0.25, 0.3) is 0 Å². The minimum absolute atomic E-state index is 0.00743. The van der Waals surface area contributed by atoms with Crippen LogP contribution in [0.25, 0.3) is 0 Å². The van der Waals surface area contributed by atoms with Gasteiger partial charge in [-0.3, -0.25) is 4.31 Å². The van der Waals surface area contributed by atoms with Gasteiger partial charge in [0.2, 0.25) is 20.0 Å². The van der Waals surface area contributed by atoms with Crippen molar-refractivity contribution in [3.8, 4) is 5.75 Å². The Morgan fingerprint density at radius 1 is 1.21 bits per heavy atom. The molecule has 1 aliphatic rings. The average Bonchev–Trinajstić information content (AvgIpc) is 2.54. The monoisotopic (exact) mass is 376 g/mol. The fraction of sp³-hybridized carbons (Fsp3) is 0.600. The zero-order chi connectivity index (χ0) is 18.0. The summed E-state index contributed by atoms with van der Waals surface area (Å²) in [6, 6.07) is 4.49. The second-order valence-electron chi connectivity index (χ2n) is 5.52. The molecule has 0 amide bonds. The number of hydrogen-bond donors (Lipinski definition) is 0. The smallest absolute Gasteiger partial charge is 0.246 e. The van der Waals surface area contributed by atoms with Crippen LogP contribution in [0.5, 0.6) is 5.75 Å². The maximum Gasteiger partial charge on any atom is 0.246 e. The van der Waals surface area contributed by atoms with Crippen LogP contribution in [0.4, 0.5) is 5.69 Å². The molecular formula is C15H24N2O5S2. The quantitative estimate of drug-likeness (QED) is 0.754. The molecule has 1 saturated heterocycles. The first kappa shape index (κ1) is 19.0. The highest BCUT2D eigenvalue weighted by Gasteiger charge is 2.30. The van der Waals surface area contributed by atoms with E-state index in [4.69, 9.17) is 4.74 Å². The number of benzene rings is 1. The van der Waals surface area contributed by atoms with E-state index in [1.165, 1.54) is 27.9 Å². The normalized spacial score (nSPS) is 17.9. The third-order valence-electron chi connectivity index (χ3n) is 4.11. The van der Waals surface area contributed by atoms with Crippen LogP contribution < -0.4 is 9.04 Å². The van der Waals surface area contributed by atoms with Crippen molar-refractivity contribution in [2.45, 2.75) is 31.6 Å². The molecule has 0 atom stereocenters. The number of nitrogens with zero attached hydrogens (tertiary/aromatic N) is 2. The highest BCUT2D eigenvalue weighted by atomic mass is 32.2. The largest absolute Gasteiger partial charge is 0.495 e. The molecule has 0 unspecified atom stereocenters. The SMILES string of the molecule is CCN(CC)S(=O)(=O)c1cc(N2CCCCS2(=O)=O)ccc1OC. The third kappa shape index (κ3) is 3.52. The Morgan fingerprint density at radius 3 is 2.42 bits per heavy atom. The third-order valence-corrected chi connectivity index (χ3v) is 8.05. The number of sulfonamides is 2. The van der Waals surface area contributed by atoms with Crippen molar-refractivity contribution >= 4 is 25.7 Å². The first-order chi connectivity index (χ1) is 11.3. The van der Waals surface area contributed by atoms with Crippen LogP contribution in [0.2, 0.25) is 0 Å². The van der Waals surface area contributed by atoms with E-state index in [0.717, 1.165) is 6.42 Å². The fourth-order valence-corrected chi connectivity index (χ4v) is 6.07. The molecule has 0 N–H and O–H groups in total. The summed E-state index contributed by atoms with van der Waals surface area (Å²) in [5.41, 5.74) is 0.362. The van der Waals surface area contributed by atoms with E-state index in [1.807, 2.05) is 0 Å². The highest BCUT2D eigenvalue weighted by molar-refractivity contribution is 7.92. The predicted octanol–water partition coefficient (Wildman–Crippen LogP) is 1.66. The molecule has 0 saturated carbocycles. The van der Waals surface area contributed by atoms with Crippen molar-refractivity contribution < 1.29 is 21.6 Å². The zero-order valence-corrected chi connectivity index (χ0v) is 15.9. The van der Waals surface area contributed by atoms with Crippen molar-refractivity contribution in [1.29, 1.82) is 0 Å². The van der Waals surface area contributed by atoms with Crippen LogP contribution in [0.15, 0.2) is 23.1 Å². The Hall–Kier alpha value is -1.32. The van der Waals surface area contributed by atoms with E-state index < -0.39 is 20.0 Å². The molecule has 1 heterocycles. The molecule has 0 radical (unpaired) electrons. The molecule has 0 aliphatic carbocycles. The highest BCUT2D eigenvalue weighted by Crippen LogP contribution is 2.33.